The summed E-state index contributed by atoms with van der Waals surface area (Å²) in [5.74, 6) is 0.979. The molecule has 0 radical (unpaired) electrons. The molecule has 0 atom stereocenters. The molecule has 0 amide bonds. The lowest BCUT2D eigenvalue weighted by Gasteiger charge is -2.07. The summed E-state index contributed by atoms with van der Waals surface area (Å²) in [5, 5.41) is 0. The van der Waals surface area contributed by atoms with Gasteiger partial charge in [0.05, 0.1) is 19.7 Å². The van der Waals surface area contributed by atoms with E-state index in [1.165, 1.54) is 4.57 Å². The fourth-order valence-electron chi connectivity index (χ4n) is 2.45. The number of hydrogen-bond acceptors (Lipinski definition) is 4. The van der Waals surface area contributed by atoms with E-state index in [4.69, 9.17) is 13.9 Å². The highest BCUT2D eigenvalue weighted by Crippen LogP contribution is 2.28. The third kappa shape index (κ3) is 2.73. The summed E-state index contributed by atoms with van der Waals surface area (Å²) < 4.78 is 17.3. The number of nitrogens with zero attached hydrogens (tertiary/aromatic N) is 1. The molecule has 0 aliphatic carbocycles. The molecule has 0 aliphatic heterocycles. The molecule has 5 nitrogen and oxygen atoms in total. The van der Waals surface area contributed by atoms with E-state index in [1.807, 2.05) is 48.6 Å². The summed E-state index contributed by atoms with van der Waals surface area (Å²) in [7, 11) is 4.90. The fourth-order valence-corrected chi connectivity index (χ4v) is 2.45. The summed E-state index contributed by atoms with van der Waals surface area (Å²) in [4.78, 5) is 11.7. The van der Waals surface area contributed by atoms with Gasteiger partial charge in [0, 0.05) is 12.6 Å². The quantitative estimate of drug-likeness (QED) is 0.694. The number of methoxy groups -OCH3 is 2. The topological polar surface area (TPSA) is 53.6 Å². The Hall–Kier alpha value is -2.95. The number of oxazole rings is 1. The maximum absolute atomic E-state index is 11.7. The standard InChI is InChI=1S/C18H17NO4/c1-19-14-6-4-5-13(17(14)23-18(19)20)9-7-12-8-10-15(21-2)16(11-12)22-3/h4-11H,1-3H3/b9-7-. The molecule has 0 unspecified atom stereocenters. The zero-order valence-electron chi connectivity index (χ0n) is 13.2. The molecule has 23 heavy (non-hydrogen) atoms. The van der Waals surface area contributed by atoms with Gasteiger partial charge in [-0.1, -0.05) is 30.4 Å². The molecule has 2 aromatic carbocycles. The summed E-state index contributed by atoms with van der Waals surface area (Å²) in [6, 6.07) is 11.3. The van der Waals surface area contributed by atoms with Crippen LogP contribution in [-0.4, -0.2) is 18.8 Å². The van der Waals surface area contributed by atoms with Gasteiger partial charge in [0.2, 0.25) is 0 Å². The predicted octanol–water partition coefficient (Wildman–Crippen LogP) is 3.32. The Morgan fingerprint density at radius 2 is 1.83 bits per heavy atom. The van der Waals surface area contributed by atoms with E-state index in [0.717, 1.165) is 16.6 Å². The van der Waals surface area contributed by atoms with Crippen molar-refractivity contribution in [2.75, 3.05) is 14.2 Å². The number of ether oxygens (including phenoxy) is 2. The van der Waals surface area contributed by atoms with Gasteiger partial charge in [0.1, 0.15) is 0 Å². The van der Waals surface area contributed by atoms with E-state index >= 15 is 0 Å². The number of aryl methyl sites for hydroxylation is 1. The summed E-state index contributed by atoms with van der Waals surface area (Å²) in [6.07, 6.45) is 3.84. The zero-order valence-corrected chi connectivity index (χ0v) is 13.2. The first-order valence-electron chi connectivity index (χ1n) is 7.12. The van der Waals surface area contributed by atoms with Crippen LogP contribution in [0.2, 0.25) is 0 Å². The van der Waals surface area contributed by atoms with E-state index < -0.39 is 0 Å². The Morgan fingerprint density at radius 1 is 1.04 bits per heavy atom. The van der Waals surface area contributed by atoms with Gasteiger partial charge in [-0.25, -0.2) is 4.79 Å². The lowest BCUT2D eigenvalue weighted by atomic mass is 10.1. The highest BCUT2D eigenvalue weighted by Gasteiger charge is 2.08. The van der Waals surface area contributed by atoms with Crippen LogP contribution < -0.4 is 15.2 Å². The van der Waals surface area contributed by atoms with E-state index in [-0.39, 0.29) is 5.76 Å². The van der Waals surface area contributed by atoms with E-state index in [9.17, 15) is 4.79 Å². The monoisotopic (exact) mass is 311 g/mol. The highest BCUT2D eigenvalue weighted by molar-refractivity contribution is 5.86. The summed E-state index contributed by atoms with van der Waals surface area (Å²) >= 11 is 0. The number of para-hydroxylation sites is 1. The van der Waals surface area contributed by atoms with Crippen LogP contribution in [-0.2, 0) is 7.05 Å². The van der Waals surface area contributed by atoms with Crippen LogP contribution in [0.5, 0.6) is 11.5 Å². The first-order valence-corrected chi connectivity index (χ1v) is 7.12. The molecule has 0 saturated heterocycles. The van der Waals surface area contributed by atoms with Crippen LogP contribution in [0, 0.1) is 0 Å². The second-order valence-electron chi connectivity index (χ2n) is 5.07. The van der Waals surface area contributed by atoms with Crippen LogP contribution in [0.1, 0.15) is 11.1 Å². The second-order valence-corrected chi connectivity index (χ2v) is 5.07. The van der Waals surface area contributed by atoms with Crippen molar-refractivity contribution in [2.24, 2.45) is 7.05 Å². The lowest BCUT2D eigenvalue weighted by molar-refractivity contribution is 0.355. The number of aromatic nitrogens is 1. The average Bonchev–Trinajstić information content (AvgIpc) is 2.88. The van der Waals surface area contributed by atoms with E-state index in [0.29, 0.717) is 17.1 Å². The first kappa shape index (κ1) is 15.0. The van der Waals surface area contributed by atoms with Crippen molar-refractivity contribution in [1.29, 1.82) is 0 Å². The van der Waals surface area contributed by atoms with Crippen molar-refractivity contribution in [3.05, 3.63) is 58.1 Å². The SMILES string of the molecule is COc1ccc(/C=C\c2cccc3c2oc(=O)n3C)cc1OC. The smallest absolute Gasteiger partial charge is 0.419 e. The molecule has 0 saturated carbocycles. The summed E-state index contributed by atoms with van der Waals surface area (Å²) in [6.45, 7) is 0. The normalized spacial score (nSPS) is 11.3. The Kier molecular flexibility index (Phi) is 3.93. The molecule has 1 aromatic heterocycles. The third-order valence-corrected chi connectivity index (χ3v) is 3.71. The van der Waals surface area contributed by atoms with Gasteiger partial charge in [-0.3, -0.25) is 4.57 Å². The average molecular weight is 311 g/mol. The fraction of sp³-hybridized carbons (Fsp3) is 0.167. The van der Waals surface area contributed by atoms with Crippen LogP contribution in [0.4, 0.5) is 0 Å². The molecular weight excluding hydrogens is 294 g/mol. The Bertz CT molecular complexity index is 934. The molecule has 5 heteroatoms. The maximum Gasteiger partial charge on any atom is 0.419 e. The van der Waals surface area contributed by atoms with Gasteiger partial charge in [0.25, 0.3) is 0 Å². The maximum atomic E-state index is 11.7. The third-order valence-electron chi connectivity index (χ3n) is 3.71. The molecule has 0 N–H and O–H groups in total. The molecule has 0 aliphatic rings. The van der Waals surface area contributed by atoms with Gasteiger partial charge in [-0.2, -0.15) is 0 Å². The zero-order chi connectivity index (χ0) is 16.4. The van der Waals surface area contributed by atoms with Gasteiger partial charge in [0.15, 0.2) is 17.1 Å². The second kappa shape index (κ2) is 6.04. The lowest BCUT2D eigenvalue weighted by Crippen LogP contribution is -2.08. The number of rotatable bonds is 4. The molecule has 0 fully saturated rings. The van der Waals surface area contributed by atoms with Gasteiger partial charge in [-0.05, 0) is 23.8 Å². The Balaban J connectivity index is 2.00. The molecule has 0 bridgehead atoms. The number of benzene rings is 2. The highest BCUT2D eigenvalue weighted by atomic mass is 16.5. The van der Waals surface area contributed by atoms with Gasteiger partial charge in [-0.15, -0.1) is 0 Å². The van der Waals surface area contributed by atoms with Crippen LogP contribution in [0.25, 0.3) is 23.3 Å². The van der Waals surface area contributed by atoms with Crippen molar-refractivity contribution in [2.45, 2.75) is 0 Å². The van der Waals surface area contributed by atoms with Crippen LogP contribution >= 0.6 is 0 Å². The molecular formula is C18H17NO4. The van der Waals surface area contributed by atoms with Crippen molar-refractivity contribution < 1.29 is 13.9 Å². The minimum atomic E-state index is -0.369. The number of hydrogen-bond donors (Lipinski definition) is 0. The van der Waals surface area contributed by atoms with Crippen LogP contribution in [0.15, 0.2) is 45.6 Å². The van der Waals surface area contributed by atoms with Gasteiger partial charge >= 0.3 is 5.76 Å². The van der Waals surface area contributed by atoms with Crippen molar-refractivity contribution in [1.82, 2.24) is 4.57 Å². The molecule has 3 rings (SSSR count). The molecule has 3 aromatic rings. The number of fused-ring (bicyclic) bond motifs is 1. The molecule has 1 heterocycles. The Labute approximate surface area is 133 Å². The van der Waals surface area contributed by atoms with Crippen molar-refractivity contribution in [3.63, 3.8) is 0 Å². The summed E-state index contributed by atoms with van der Waals surface area (Å²) in [5.41, 5.74) is 3.15. The van der Waals surface area contributed by atoms with E-state index in [1.54, 1.807) is 21.3 Å². The first-order chi connectivity index (χ1) is 11.1. The largest absolute Gasteiger partial charge is 0.493 e. The van der Waals surface area contributed by atoms with Crippen molar-refractivity contribution >= 4 is 23.3 Å². The van der Waals surface area contributed by atoms with Crippen LogP contribution in [0.3, 0.4) is 0 Å². The van der Waals surface area contributed by atoms with Gasteiger partial charge < -0.3 is 13.9 Å². The molecule has 118 valence electrons. The minimum absolute atomic E-state index is 0.369. The Morgan fingerprint density at radius 3 is 2.57 bits per heavy atom. The molecule has 0 spiro atoms. The van der Waals surface area contributed by atoms with E-state index in [2.05, 4.69) is 0 Å². The van der Waals surface area contributed by atoms with Crippen molar-refractivity contribution in [3.8, 4) is 11.5 Å². The predicted molar refractivity (Wildman–Crippen MR) is 89.9 cm³/mol. The minimum Gasteiger partial charge on any atom is -0.493 e.